The Hall–Kier alpha value is -2.50. The summed E-state index contributed by atoms with van der Waals surface area (Å²) in [7, 11) is 0. The summed E-state index contributed by atoms with van der Waals surface area (Å²) in [6.45, 7) is 2.01. The van der Waals surface area contributed by atoms with Crippen LogP contribution in [0.3, 0.4) is 0 Å². The fourth-order valence-electron chi connectivity index (χ4n) is 2.47. The van der Waals surface area contributed by atoms with E-state index < -0.39 is 5.97 Å². The van der Waals surface area contributed by atoms with E-state index in [9.17, 15) is 9.90 Å². The lowest BCUT2D eigenvalue weighted by Crippen LogP contribution is -2.17. The van der Waals surface area contributed by atoms with Crippen LogP contribution in [0.4, 0.5) is 5.69 Å². The first-order chi connectivity index (χ1) is 9.65. The largest absolute Gasteiger partial charge is 0.507 e. The van der Waals surface area contributed by atoms with Gasteiger partial charge in [0, 0.05) is 24.3 Å². The number of nitrogens with one attached hydrogen (secondary N) is 1. The second-order valence-corrected chi connectivity index (χ2v) is 4.87. The Morgan fingerprint density at radius 2 is 2.00 bits per heavy atom. The van der Waals surface area contributed by atoms with Crippen molar-refractivity contribution in [1.29, 1.82) is 0 Å². The number of nitrogens with zero attached hydrogens (tertiary/aromatic N) is 2. The van der Waals surface area contributed by atoms with Crippen LogP contribution in [-0.4, -0.2) is 39.5 Å². The molecular formula is C14H15N3O3. The Morgan fingerprint density at radius 3 is 2.65 bits per heavy atom. The monoisotopic (exact) mass is 273 g/mol. The van der Waals surface area contributed by atoms with Crippen LogP contribution in [0, 0.1) is 0 Å². The van der Waals surface area contributed by atoms with Gasteiger partial charge in [-0.2, -0.15) is 5.10 Å². The van der Waals surface area contributed by atoms with Gasteiger partial charge in [0.05, 0.1) is 5.69 Å². The maximum atomic E-state index is 10.9. The van der Waals surface area contributed by atoms with Crippen LogP contribution in [0.15, 0.2) is 24.3 Å². The molecule has 0 bridgehead atoms. The van der Waals surface area contributed by atoms with Crippen LogP contribution in [0.25, 0.3) is 11.3 Å². The second kappa shape index (κ2) is 4.88. The number of aromatic carboxylic acids is 1. The summed E-state index contributed by atoms with van der Waals surface area (Å²) in [6, 6.07) is 6.76. The Morgan fingerprint density at radius 1 is 1.25 bits per heavy atom. The molecule has 0 radical (unpaired) electrons. The molecule has 0 amide bonds. The Kier molecular flexibility index (Phi) is 3.06. The molecule has 6 heteroatoms. The number of rotatable bonds is 3. The maximum Gasteiger partial charge on any atom is 0.353 e. The molecule has 0 aliphatic carbocycles. The van der Waals surface area contributed by atoms with Gasteiger partial charge in [-0.15, -0.1) is 0 Å². The lowest BCUT2D eigenvalue weighted by molar-refractivity contribution is 0.0690. The van der Waals surface area contributed by atoms with Gasteiger partial charge < -0.3 is 15.1 Å². The highest BCUT2D eigenvalue weighted by atomic mass is 16.4. The molecule has 20 heavy (non-hydrogen) atoms. The molecule has 6 nitrogen and oxygen atoms in total. The van der Waals surface area contributed by atoms with Gasteiger partial charge in [0.15, 0.2) is 0 Å². The third-order valence-corrected chi connectivity index (χ3v) is 3.54. The summed E-state index contributed by atoms with van der Waals surface area (Å²) in [5, 5.41) is 25.3. The number of benzene rings is 1. The number of carboxylic acids is 1. The minimum Gasteiger partial charge on any atom is -0.507 e. The van der Waals surface area contributed by atoms with E-state index in [1.165, 1.54) is 18.9 Å². The van der Waals surface area contributed by atoms with Gasteiger partial charge in [0.1, 0.15) is 11.4 Å². The van der Waals surface area contributed by atoms with Crippen molar-refractivity contribution in [3.05, 3.63) is 30.0 Å². The van der Waals surface area contributed by atoms with E-state index in [1.807, 2.05) is 12.1 Å². The van der Waals surface area contributed by atoms with Crippen molar-refractivity contribution >= 4 is 11.7 Å². The number of carboxylic acid groups (broad SMARTS) is 1. The fraction of sp³-hybridized carbons (Fsp3) is 0.286. The minimum atomic E-state index is -1.07. The van der Waals surface area contributed by atoms with Crippen molar-refractivity contribution in [1.82, 2.24) is 10.2 Å². The van der Waals surface area contributed by atoms with Crippen molar-refractivity contribution in [3.8, 4) is 17.0 Å². The first-order valence-corrected chi connectivity index (χ1v) is 6.52. The number of aromatic amines is 1. The van der Waals surface area contributed by atoms with E-state index in [0.717, 1.165) is 18.8 Å². The van der Waals surface area contributed by atoms with Crippen LogP contribution < -0.4 is 4.90 Å². The van der Waals surface area contributed by atoms with Crippen LogP contribution in [-0.2, 0) is 0 Å². The standard InChI is InChI=1S/C14H15N3O3/c18-13-4-3-9(17-5-1-2-6-17)7-10(13)11-8-12(14(19)20)16-15-11/h3-4,7-8,18H,1-2,5-6H2,(H,15,16)(H,19,20). The van der Waals surface area contributed by atoms with Crippen molar-refractivity contribution in [2.45, 2.75) is 12.8 Å². The van der Waals surface area contributed by atoms with Gasteiger partial charge in [-0.1, -0.05) is 0 Å². The summed E-state index contributed by atoms with van der Waals surface area (Å²) < 4.78 is 0. The van der Waals surface area contributed by atoms with Crippen LogP contribution >= 0.6 is 0 Å². The number of hydrogen-bond acceptors (Lipinski definition) is 4. The van der Waals surface area contributed by atoms with Gasteiger partial charge in [-0.05, 0) is 37.1 Å². The van der Waals surface area contributed by atoms with E-state index in [1.54, 1.807) is 6.07 Å². The molecule has 0 saturated carbocycles. The van der Waals surface area contributed by atoms with E-state index in [-0.39, 0.29) is 11.4 Å². The molecular weight excluding hydrogens is 258 g/mol. The summed E-state index contributed by atoms with van der Waals surface area (Å²) in [5.41, 5.74) is 2.00. The predicted octanol–water partition coefficient (Wildman–Crippen LogP) is 2.08. The maximum absolute atomic E-state index is 10.9. The number of anilines is 1. The van der Waals surface area contributed by atoms with Gasteiger partial charge >= 0.3 is 5.97 Å². The minimum absolute atomic E-state index is 0.00553. The zero-order chi connectivity index (χ0) is 14.1. The number of hydrogen-bond donors (Lipinski definition) is 3. The van der Waals surface area contributed by atoms with Crippen LogP contribution in [0.5, 0.6) is 5.75 Å². The molecule has 0 atom stereocenters. The SMILES string of the molecule is O=C(O)c1cc(-c2cc(N3CCCC3)ccc2O)n[nH]1. The summed E-state index contributed by atoms with van der Waals surface area (Å²) in [4.78, 5) is 13.1. The molecule has 1 saturated heterocycles. The van der Waals surface area contributed by atoms with Crippen molar-refractivity contribution in [2.24, 2.45) is 0 Å². The highest BCUT2D eigenvalue weighted by Crippen LogP contribution is 2.33. The molecule has 1 aromatic carbocycles. The van der Waals surface area contributed by atoms with E-state index in [4.69, 9.17) is 5.11 Å². The molecule has 1 aliphatic rings. The molecule has 3 rings (SSSR count). The van der Waals surface area contributed by atoms with Gasteiger partial charge in [0.25, 0.3) is 0 Å². The normalized spacial score (nSPS) is 14.7. The predicted molar refractivity (Wildman–Crippen MR) is 74.1 cm³/mol. The molecule has 2 aromatic rings. The Balaban J connectivity index is 1.98. The molecule has 1 aromatic heterocycles. The van der Waals surface area contributed by atoms with Crippen molar-refractivity contribution < 1.29 is 15.0 Å². The van der Waals surface area contributed by atoms with Gasteiger partial charge in [-0.3, -0.25) is 5.10 Å². The Labute approximate surface area is 115 Å². The third-order valence-electron chi connectivity index (χ3n) is 3.54. The average molecular weight is 273 g/mol. The first kappa shape index (κ1) is 12.5. The lowest BCUT2D eigenvalue weighted by atomic mass is 10.1. The van der Waals surface area contributed by atoms with E-state index >= 15 is 0 Å². The second-order valence-electron chi connectivity index (χ2n) is 4.87. The molecule has 0 spiro atoms. The highest BCUT2D eigenvalue weighted by molar-refractivity contribution is 5.87. The number of H-pyrrole nitrogens is 1. The van der Waals surface area contributed by atoms with E-state index in [0.29, 0.717) is 11.3 Å². The summed E-state index contributed by atoms with van der Waals surface area (Å²) in [6.07, 6.45) is 2.34. The molecule has 3 N–H and O–H groups in total. The molecule has 1 aliphatic heterocycles. The quantitative estimate of drug-likeness (QED) is 0.796. The van der Waals surface area contributed by atoms with Crippen molar-refractivity contribution in [2.75, 3.05) is 18.0 Å². The molecule has 0 unspecified atom stereocenters. The molecule has 1 fully saturated rings. The van der Waals surface area contributed by atoms with Crippen LogP contribution in [0.1, 0.15) is 23.3 Å². The first-order valence-electron chi connectivity index (χ1n) is 6.52. The van der Waals surface area contributed by atoms with Gasteiger partial charge in [0.2, 0.25) is 0 Å². The Bertz CT molecular complexity index is 645. The summed E-state index contributed by atoms with van der Waals surface area (Å²) >= 11 is 0. The van der Waals surface area contributed by atoms with Crippen LogP contribution in [0.2, 0.25) is 0 Å². The molecule has 2 heterocycles. The fourth-order valence-corrected chi connectivity index (χ4v) is 2.47. The number of carbonyl (C=O) groups is 1. The molecule has 104 valence electrons. The number of aromatic nitrogens is 2. The van der Waals surface area contributed by atoms with Crippen molar-refractivity contribution in [3.63, 3.8) is 0 Å². The number of aromatic hydroxyl groups is 1. The number of phenolic OH excluding ortho intramolecular Hbond substituents is 1. The smallest absolute Gasteiger partial charge is 0.353 e. The third kappa shape index (κ3) is 2.20. The number of phenols is 1. The van der Waals surface area contributed by atoms with E-state index in [2.05, 4.69) is 15.1 Å². The lowest BCUT2D eigenvalue weighted by Gasteiger charge is -2.18. The summed E-state index contributed by atoms with van der Waals surface area (Å²) in [5.74, 6) is -0.977. The highest BCUT2D eigenvalue weighted by Gasteiger charge is 2.16. The zero-order valence-corrected chi connectivity index (χ0v) is 10.8. The topological polar surface area (TPSA) is 89.4 Å². The zero-order valence-electron chi connectivity index (χ0n) is 10.8. The van der Waals surface area contributed by atoms with Gasteiger partial charge in [-0.25, -0.2) is 4.79 Å². The average Bonchev–Trinajstić information content (AvgIpc) is 3.10.